The normalized spacial score (nSPS) is 12.6. The number of thiazole rings is 1. The molecule has 0 saturated carbocycles. The van der Waals surface area contributed by atoms with Crippen LogP contribution < -0.4 is 0 Å². The van der Waals surface area contributed by atoms with Gasteiger partial charge < -0.3 is 10.2 Å². The Labute approximate surface area is 98.0 Å². The molecule has 0 saturated heterocycles. The summed E-state index contributed by atoms with van der Waals surface area (Å²) < 4.78 is 0. The van der Waals surface area contributed by atoms with Gasteiger partial charge in [0.1, 0.15) is 5.75 Å². The molecule has 2 aromatic rings. The minimum absolute atomic E-state index is 0.271. The van der Waals surface area contributed by atoms with E-state index in [2.05, 4.69) is 4.98 Å². The Hall–Kier alpha value is -1.39. The molecule has 0 radical (unpaired) electrons. The average molecular weight is 235 g/mol. The van der Waals surface area contributed by atoms with E-state index < -0.39 is 6.10 Å². The highest BCUT2D eigenvalue weighted by Crippen LogP contribution is 2.20. The lowest BCUT2D eigenvalue weighted by atomic mass is 10.1. The molecule has 0 aliphatic rings. The quantitative estimate of drug-likeness (QED) is 0.859. The van der Waals surface area contributed by atoms with Gasteiger partial charge in [-0.1, -0.05) is 12.1 Å². The summed E-state index contributed by atoms with van der Waals surface area (Å²) in [6.07, 6.45) is 0.224. The molecule has 0 spiro atoms. The Morgan fingerprint density at radius 1 is 1.31 bits per heavy atom. The third-order valence-corrected chi connectivity index (χ3v) is 3.16. The first-order valence-electron chi connectivity index (χ1n) is 5.05. The number of phenolic OH excluding ortho intramolecular Hbond substituents is 1. The van der Waals surface area contributed by atoms with Gasteiger partial charge in [0.05, 0.1) is 16.8 Å². The van der Waals surface area contributed by atoms with Crippen LogP contribution in [0.5, 0.6) is 5.75 Å². The molecule has 1 heterocycles. The highest BCUT2D eigenvalue weighted by atomic mass is 32.1. The van der Waals surface area contributed by atoms with E-state index in [1.807, 2.05) is 17.5 Å². The largest absolute Gasteiger partial charge is 0.508 e. The van der Waals surface area contributed by atoms with Gasteiger partial charge in [-0.3, -0.25) is 0 Å². The van der Waals surface area contributed by atoms with Crippen LogP contribution in [0.15, 0.2) is 29.6 Å². The van der Waals surface area contributed by atoms with Crippen molar-refractivity contribution in [3.05, 3.63) is 45.9 Å². The summed E-state index contributed by atoms with van der Waals surface area (Å²) in [5.41, 5.74) is 1.82. The van der Waals surface area contributed by atoms with E-state index in [4.69, 9.17) is 5.11 Å². The molecule has 2 N–H and O–H groups in total. The Kier molecular flexibility index (Phi) is 3.22. The van der Waals surface area contributed by atoms with E-state index in [0.29, 0.717) is 0 Å². The molecule has 0 bridgehead atoms. The summed E-state index contributed by atoms with van der Waals surface area (Å²) in [5.74, 6) is 0.271. The molecule has 84 valence electrons. The van der Waals surface area contributed by atoms with E-state index in [9.17, 15) is 5.11 Å². The van der Waals surface area contributed by atoms with Gasteiger partial charge in [0.25, 0.3) is 0 Å². The van der Waals surface area contributed by atoms with Crippen LogP contribution in [0.4, 0.5) is 0 Å². The lowest BCUT2D eigenvalue weighted by Gasteiger charge is -1.99. The molecule has 1 aromatic heterocycles. The summed E-state index contributed by atoms with van der Waals surface area (Å²) in [6, 6.07) is 7.08. The Morgan fingerprint density at radius 2 is 2.00 bits per heavy atom. The lowest BCUT2D eigenvalue weighted by Crippen LogP contribution is -1.92. The van der Waals surface area contributed by atoms with Crippen molar-refractivity contribution in [1.82, 2.24) is 4.98 Å². The molecule has 0 fully saturated rings. The van der Waals surface area contributed by atoms with E-state index in [0.717, 1.165) is 22.7 Å². The molecule has 1 unspecified atom stereocenters. The molecule has 16 heavy (non-hydrogen) atoms. The lowest BCUT2D eigenvalue weighted by molar-refractivity contribution is 0.195. The second kappa shape index (κ2) is 4.63. The summed E-state index contributed by atoms with van der Waals surface area (Å²) in [6.45, 7) is 1.71. The maximum atomic E-state index is 9.35. The number of hydrogen-bond acceptors (Lipinski definition) is 4. The molecule has 3 nitrogen and oxygen atoms in total. The number of phenols is 1. The number of aromatic nitrogens is 1. The predicted octanol–water partition coefficient (Wildman–Crippen LogP) is 2.49. The third-order valence-electron chi connectivity index (χ3n) is 2.29. The SMILES string of the molecule is CC(O)c1csc(Cc2ccc(O)cc2)n1. The van der Waals surface area contributed by atoms with Gasteiger partial charge >= 0.3 is 0 Å². The molecule has 0 aliphatic carbocycles. The van der Waals surface area contributed by atoms with Crippen molar-refractivity contribution >= 4 is 11.3 Å². The zero-order valence-electron chi connectivity index (χ0n) is 8.92. The number of rotatable bonds is 3. The van der Waals surface area contributed by atoms with Crippen LogP contribution in [0.3, 0.4) is 0 Å². The number of aromatic hydroxyl groups is 1. The zero-order chi connectivity index (χ0) is 11.5. The van der Waals surface area contributed by atoms with Crippen molar-refractivity contribution in [2.45, 2.75) is 19.4 Å². The minimum atomic E-state index is -0.509. The van der Waals surface area contributed by atoms with Crippen molar-refractivity contribution < 1.29 is 10.2 Å². The Morgan fingerprint density at radius 3 is 2.56 bits per heavy atom. The summed E-state index contributed by atoms with van der Waals surface area (Å²) in [5, 5.41) is 21.4. The standard InChI is InChI=1S/C12H13NO2S/c1-8(14)11-7-16-12(13-11)6-9-2-4-10(15)5-3-9/h2-5,7-8,14-15H,6H2,1H3. The van der Waals surface area contributed by atoms with Crippen molar-refractivity contribution in [3.8, 4) is 5.75 Å². The van der Waals surface area contributed by atoms with Gasteiger partial charge in [-0.15, -0.1) is 11.3 Å². The molecule has 4 heteroatoms. The summed E-state index contributed by atoms with van der Waals surface area (Å²) >= 11 is 1.54. The fraction of sp³-hybridized carbons (Fsp3) is 0.250. The molecule has 0 amide bonds. The smallest absolute Gasteiger partial charge is 0.115 e. The zero-order valence-corrected chi connectivity index (χ0v) is 9.74. The van der Waals surface area contributed by atoms with Crippen LogP contribution in [0, 0.1) is 0 Å². The van der Waals surface area contributed by atoms with Crippen LogP contribution in [0.1, 0.15) is 29.3 Å². The fourth-order valence-corrected chi connectivity index (χ4v) is 2.30. The van der Waals surface area contributed by atoms with Crippen LogP contribution >= 0.6 is 11.3 Å². The van der Waals surface area contributed by atoms with Gasteiger partial charge in [0.15, 0.2) is 0 Å². The van der Waals surface area contributed by atoms with Crippen LogP contribution in [-0.4, -0.2) is 15.2 Å². The predicted molar refractivity (Wildman–Crippen MR) is 63.7 cm³/mol. The topological polar surface area (TPSA) is 53.4 Å². The average Bonchev–Trinajstić information content (AvgIpc) is 2.70. The van der Waals surface area contributed by atoms with Crippen LogP contribution in [-0.2, 0) is 6.42 Å². The number of aliphatic hydroxyl groups is 1. The first-order chi connectivity index (χ1) is 7.65. The van der Waals surface area contributed by atoms with Gasteiger partial charge in [-0.25, -0.2) is 4.98 Å². The minimum Gasteiger partial charge on any atom is -0.508 e. The van der Waals surface area contributed by atoms with Crippen molar-refractivity contribution in [1.29, 1.82) is 0 Å². The van der Waals surface area contributed by atoms with Gasteiger partial charge in [0.2, 0.25) is 0 Å². The molecule has 2 rings (SSSR count). The monoisotopic (exact) mass is 235 g/mol. The van der Waals surface area contributed by atoms with E-state index in [1.54, 1.807) is 30.4 Å². The number of aliphatic hydroxyl groups excluding tert-OH is 1. The molecular formula is C12H13NO2S. The maximum absolute atomic E-state index is 9.35. The molecular weight excluding hydrogens is 222 g/mol. The first kappa shape index (κ1) is 11.1. The van der Waals surface area contributed by atoms with Crippen LogP contribution in [0.2, 0.25) is 0 Å². The fourth-order valence-electron chi connectivity index (χ4n) is 1.39. The van der Waals surface area contributed by atoms with E-state index in [1.165, 1.54) is 0 Å². The molecule has 1 atom stereocenters. The first-order valence-corrected chi connectivity index (χ1v) is 5.93. The van der Waals surface area contributed by atoms with Crippen LogP contribution in [0.25, 0.3) is 0 Å². The summed E-state index contributed by atoms with van der Waals surface area (Å²) in [7, 11) is 0. The molecule has 1 aromatic carbocycles. The van der Waals surface area contributed by atoms with Crippen molar-refractivity contribution in [2.24, 2.45) is 0 Å². The van der Waals surface area contributed by atoms with E-state index in [-0.39, 0.29) is 5.75 Å². The van der Waals surface area contributed by atoms with Gasteiger partial charge in [-0.05, 0) is 24.6 Å². The Bertz CT molecular complexity index is 462. The van der Waals surface area contributed by atoms with Crippen molar-refractivity contribution in [3.63, 3.8) is 0 Å². The summed E-state index contributed by atoms with van der Waals surface area (Å²) in [4.78, 5) is 4.33. The second-order valence-electron chi connectivity index (χ2n) is 3.69. The number of hydrogen-bond donors (Lipinski definition) is 2. The van der Waals surface area contributed by atoms with Gasteiger partial charge in [-0.2, -0.15) is 0 Å². The highest BCUT2D eigenvalue weighted by Gasteiger charge is 2.07. The maximum Gasteiger partial charge on any atom is 0.115 e. The van der Waals surface area contributed by atoms with Gasteiger partial charge in [0, 0.05) is 11.8 Å². The Balaban J connectivity index is 2.11. The number of nitrogens with zero attached hydrogens (tertiary/aromatic N) is 1. The highest BCUT2D eigenvalue weighted by molar-refractivity contribution is 7.09. The molecule has 0 aliphatic heterocycles. The second-order valence-corrected chi connectivity index (χ2v) is 4.63. The number of benzene rings is 1. The van der Waals surface area contributed by atoms with Crippen molar-refractivity contribution in [2.75, 3.05) is 0 Å². The third kappa shape index (κ3) is 2.59. The van der Waals surface area contributed by atoms with E-state index >= 15 is 0 Å².